The first-order chi connectivity index (χ1) is 7.72. The van der Waals surface area contributed by atoms with Gasteiger partial charge in [0.05, 0.1) is 6.04 Å². The summed E-state index contributed by atoms with van der Waals surface area (Å²) in [5.41, 5.74) is 5.57. The minimum absolute atomic E-state index is 0.167. The number of hydrogen-bond acceptors (Lipinski definition) is 4. The van der Waals surface area contributed by atoms with Crippen molar-refractivity contribution in [2.45, 2.75) is 51.5 Å². The standard InChI is InChI=1S/C11H22N2O3Si/c1-8(12)10(14)13-7-5-6-9(13)11(15)16-17(2,3)4/h8-9H,5-7,12H2,1-4H3. The third-order valence-corrected chi connectivity index (χ3v) is 3.42. The number of nitrogens with two attached hydrogens (primary N) is 1. The van der Waals surface area contributed by atoms with Crippen LogP contribution in [0.5, 0.6) is 0 Å². The van der Waals surface area contributed by atoms with Crippen molar-refractivity contribution in [3.05, 3.63) is 0 Å². The number of likely N-dealkylation sites (tertiary alicyclic amines) is 1. The smallest absolute Gasteiger partial charge is 0.315 e. The summed E-state index contributed by atoms with van der Waals surface area (Å²) in [4.78, 5) is 25.4. The van der Waals surface area contributed by atoms with E-state index in [0.29, 0.717) is 13.0 Å². The lowest BCUT2D eigenvalue weighted by Crippen LogP contribution is -2.49. The predicted molar refractivity (Wildman–Crippen MR) is 67.8 cm³/mol. The number of nitrogens with zero attached hydrogens (tertiary/aromatic N) is 1. The molecule has 0 bridgehead atoms. The van der Waals surface area contributed by atoms with E-state index in [1.807, 2.05) is 19.6 Å². The molecule has 1 aliphatic rings. The molecule has 5 nitrogen and oxygen atoms in total. The molecule has 6 heteroatoms. The molecule has 1 amide bonds. The second kappa shape index (κ2) is 5.18. The molecule has 0 aromatic carbocycles. The molecular weight excluding hydrogens is 236 g/mol. The van der Waals surface area contributed by atoms with Crippen molar-refractivity contribution >= 4 is 20.2 Å². The first kappa shape index (κ1) is 14.2. The number of amides is 1. The molecular formula is C11H22N2O3Si. The van der Waals surface area contributed by atoms with Crippen molar-refractivity contribution in [1.29, 1.82) is 0 Å². The molecule has 0 saturated carbocycles. The van der Waals surface area contributed by atoms with Gasteiger partial charge in [-0.25, -0.2) is 0 Å². The Balaban J connectivity index is 2.70. The Bertz CT molecular complexity index is 312. The minimum Gasteiger partial charge on any atom is -0.518 e. The highest BCUT2D eigenvalue weighted by Gasteiger charge is 2.37. The first-order valence-electron chi connectivity index (χ1n) is 6.01. The first-order valence-corrected chi connectivity index (χ1v) is 9.42. The minimum atomic E-state index is -1.90. The molecule has 1 aliphatic heterocycles. The number of carbonyl (C=O) groups is 2. The molecule has 1 saturated heterocycles. The quantitative estimate of drug-likeness (QED) is 0.756. The van der Waals surface area contributed by atoms with Crippen LogP contribution in [0.15, 0.2) is 0 Å². The Labute approximate surface area is 103 Å². The van der Waals surface area contributed by atoms with Gasteiger partial charge < -0.3 is 15.1 Å². The van der Waals surface area contributed by atoms with E-state index >= 15 is 0 Å². The number of hydrogen-bond donors (Lipinski definition) is 1. The van der Waals surface area contributed by atoms with Gasteiger partial charge in [0.1, 0.15) is 6.04 Å². The second-order valence-corrected chi connectivity index (χ2v) is 9.94. The molecule has 98 valence electrons. The summed E-state index contributed by atoms with van der Waals surface area (Å²) < 4.78 is 5.45. The molecule has 17 heavy (non-hydrogen) atoms. The topological polar surface area (TPSA) is 72.6 Å². The SMILES string of the molecule is CC(N)C(=O)N1CCCC1C(=O)O[Si](C)(C)C. The van der Waals surface area contributed by atoms with Gasteiger partial charge in [0, 0.05) is 6.54 Å². The van der Waals surface area contributed by atoms with E-state index in [1.54, 1.807) is 11.8 Å². The van der Waals surface area contributed by atoms with Crippen LogP contribution in [0, 0.1) is 0 Å². The van der Waals surface area contributed by atoms with Crippen LogP contribution in [-0.2, 0) is 14.0 Å². The highest BCUT2D eigenvalue weighted by molar-refractivity contribution is 6.71. The molecule has 0 spiro atoms. The van der Waals surface area contributed by atoms with Crippen LogP contribution >= 0.6 is 0 Å². The summed E-state index contributed by atoms with van der Waals surface area (Å²) >= 11 is 0. The van der Waals surface area contributed by atoms with Gasteiger partial charge >= 0.3 is 5.97 Å². The molecule has 0 aromatic rings. The van der Waals surface area contributed by atoms with Gasteiger partial charge in [0.2, 0.25) is 14.2 Å². The Morgan fingerprint density at radius 2 is 2.00 bits per heavy atom. The van der Waals surface area contributed by atoms with Gasteiger partial charge in [-0.2, -0.15) is 0 Å². The Kier molecular flexibility index (Phi) is 4.32. The van der Waals surface area contributed by atoms with E-state index in [2.05, 4.69) is 0 Å². The fourth-order valence-electron chi connectivity index (χ4n) is 1.91. The predicted octanol–water partition coefficient (Wildman–Crippen LogP) is 0.703. The van der Waals surface area contributed by atoms with Gasteiger partial charge in [-0.3, -0.25) is 9.59 Å². The summed E-state index contributed by atoms with van der Waals surface area (Å²) in [6, 6.07) is -0.990. The summed E-state index contributed by atoms with van der Waals surface area (Å²) in [7, 11) is -1.90. The van der Waals surface area contributed by atoms with Crippen LogP contribution < -0.4 is 5.73 Å². The van der Waals surface area contributed by atoms with Crippen LogP contribution in [-0.4, -0.2) is 43.7 Å². The number of rotatable bonds is 3. The van der Waals surface area contributed by atoms with Crippen LogP contribution in [0.3, 0.4) is 0 Å². The Hall–Kier alpha value is -0.883. The highest BCUT2D eigenvalue weighted by Crippen LogP contribution is 2.20. The zero-order chi connectivity index (χ0) is 13.2. The van der Waals surface area contributed by atoms with E-state index in [4.69, 9.17) is 10.2 Å². The zero-order valence-electron chi connectivity index (χ0n) is 11.0. The monoisotopic (exact) mass is 258 g/mol. The van der Waals surface area contributed by atoms with E-state index < -0.39 is 20.4 Å². The van der Waals surface area contributed by atoms with Crippen molar-refractivity contribution in [2.24, 2.45) is 5.73 Å². The maximum Gasteiger partial charge on any atom is 0.315 e. The van der Waals surface area contributed by atoms with Gasteiger partial charge in [0.15, 0.2) is 0 Å². The molecule has 1 rings (SSSR count). The number of carbonyl (C=O) groups excluding carboxylic acids is 2. The van der Waals surface area contributed by atoms with E-state index in [9.17, 15) is 9.59 Å². The highest BCUT2D eigenvalue weighted by atomic mass is 28.4. The van der Waals surface area contributed by atoms with Crippen LogP contribution in [0.1, 0.15) is 19.8 Å². The fourth-order valence-corrected chi connectivity index (χ4v) is 2.65. The molecule has 1 heterocycles. The molecule has 0 radical (unpaired) electrons. The van der Waals surface area contributed by atoms with Crippen LogP contribution in [0.4, 0.5) is 0 Å². The van der Waals surface area contributed by atoms with Gasteiger partial charge in [0.25, 0.3) is 0 Å². The molecule has 1 fully saturated rings. The third-order valence-electron chi connectivity index (χ3n) is 2.60. The fraction of sp³-hybridized carbons (Fsp3) is 0.818. The average molecular weight is 258 g/mol. The zero-order valence-corrected chi connectivity index (χ0v) is 12.0. The normalized spacial score (nSPS) is 22.4. The lowest BCUT2D eigenvalue weighted by molar-refractivity contribution is -0.147. The molecule has 0 aromatic heterocycles. The third kappa shape index (κ3) is 3.81. The molecule has 2 unspecified atom stereocenters. The van der Waals surface area contributed by atoms with E-state index in [0.717, 1.165) is 6.42 Å². The molecule has 0 aliphatic carbocycles. The lowest BCUT2D eigenvalue weighted by Gasteiger charge is -2.27. The van der Waals surface area contributed by atoms with Gasteiger partial charge in [-0.1, -0.05) is 0 Å². The maximum atomic E-state index is 12.0. The molecule has 2 N–H and O–H groups in total. The van der Waals surface area contributed by atoms with Crippen molar-refractivity contribution in [3.8, 4) is 0 Å². The summed E-state index contributed by atoms with van der Waals surface area (Å²) in [6.07, 6.45) is 1.52. The average Bonchev–Trinajstić information content (AvgIpc) is 2.61. The van der Waals surface area contributed by atoms with Crippen molar-refractivity contribution in [3.63, 3.8) is 0 Å². The summed E-state index contributed by atoms with van der Waals surface area (Å²) in [6.45, 7) is 8.11. The van der Waals surface area contributed by atoms with Crippen molar-refractivity contribution in [1.82, 2.24) is 4.90 Å². The summed E-state index contributed by atoms with van der Waals surface area (Å²) in [5, 5.41) is 0. The Morgan fingerprint density at radius 1 is 1.41 bits per heavy atom. The molecule has 2 atom stereocenters. The van der Waals surface area contributed by atoms with E-state index in [1.165, 1.54) is 0 Å². The summed E-state index contributed by atoms with van der Waals surface area (Å²) in [5.74, 6) is -0.435. The second-order valence-electron chi connectivity index (χ2n) is 5.51. The van der Waals surface area contributed by atoms with E-state index in [-0.39, 0.29) is 11.9 Å². The van der Waals surface area contributed by atoms with Crippen molar-refractivity contribution < 1.29 is 14.0 Å². The Morgan fingerprint density at radius 3 is 2.47 bits per heavy atom. The van der Waals surface area contributed by atoms with Gasteiger partial charge in [-0.05, 0) is 39.4 Å². The lowest BCUT2D eigenvalue weighted by atomic mass is 10.2. The van der Waals surface area contributed by atoms with Crippen LogP contribution in [0.25, 0.3) is 0 Å². The largest absolute Gasteiger partial charge is 0.518 e. The van der Waals surface area contributed by atoms with Crippen molar-refractivity contribution in [2.75, 3.05) is 6.54 Å². The van der Waals surface area contributed by atoms with Crippen LogP contribution in [0.2, 0.25) is 19.6 Å². The van der Waals surface area contributed by atoms with Gasteiger partial charge in [-0.15, -0.1) is 0 Å². The maximum absolute atomic E-state index is 12.0.